The minimum absolute atomic E-state index is 0.0266. The minimum atomic E-state index is 0.0266. The van der Waals surface area contributed by atoms with Gasteiger partial charge in [0.05, 0.1) is 6.10 Å². The number of piperidine rings is 1. The van der Waals surface area contributed by atoms with E-state index < -0.39 is 0 Å². The van der Waals surface area contributed by atoms with E-state index in [1.807, 2.05) is 11.8 Å². The Bertz CT molecular complexity index is 621. The molecule has 1 fully saturated rings. The van der Waals surface area contributed by atoms with Crippen molar-refractivity contribution < 1.29 is 9.53 Å². The van der Waals surface area contributed by atoms with Crippen molar-refractivity contribution in [3.8, 4) is 5.82 Å². The van der Waals surface area contributed by atoms with E-state index in [2.05, 4.69) is 15.1 Å². The fourth-order valence-electron chi connectivity index (χ4n) is 2.65. The Labute approximate surface area is 128 Å². The summed E-state index contributed by atoms with van der Waals surface area (Å²) in [4.78, 5) is 22.6. The second-order valence-electron chi connectivity index (χ2n) is 5.19. The molecule has 0 saturated carbocycles. The maximum atomic E-state index is 12.6. The van der Waals surface area contributed by atoms with Crippen LogP contribution < -0.4 is 0 Å². The van der Waals surface area contributed by atoms with Gasteiger partial charge in [0.25, 0.3) is 5.91 Å². The number of hydrogen-bond donors (Lipinski definition) is 0. The fourth-order valence-corrected chi connectivity index (χ4v) is 2.65. The molecule has 0 aromatic carbocycles. The normalized spacial score (nSPS) is 16.0. The molecule has 0 atom stereocenters. The molecule has 22 heavy (non-hydrogen) atoms. The molecule has 0 spiro atoms. The van der Waals surface area contributed by atoms with Gasteiger partial charge in [-0.25, -0.2) is 14.6 Å². The van der Waals surface area contributed by atoms with Gasteiger partial charge in [-0.2, -0.15) is 5.10 Å². The van der Waals surface area contributed by atoms with E-state index in [4.69, 9.17) is 4.74 Å². The van der Waals surface area contributed by atoms with Gasteiger partial charge in [0.2, 0.25) is 0 Å². The van der Waals surface area contributed by atoms with Gasteiger partial charge in [0, 0.05) is 31.5 Å². The predicted molar refractivity (Wildman–Crippen MR) is 79.7 cm³/mol. The SMILES string of the molecule is CCOC1CCN(C(=O)c2ccnc(-n3cncn3)c2)CC1. The van der Waals surface area contributed by atoms with Crippen molar-refractivity contribution in [3.05, 3.63) is 36.5 Å². The van der Waals surface area contributed by atoms with E-state index in [0.29, 0.717) is 11.4 Å². The zero-order chi connectivity index (χ0) is 15.4. The maximum absolute atomic E-state index is 12.6. The summed E-state index contributed by atoms with van der Waals surface area (Å²) in [6, 6.07) is 3.48. The zero-order valence-corrected chi connectivity index (χ0v) is 12.6. The molecule has 2 aromatic heterocycles. The van der Waals surface area contributed by atoms with E-state index in [1.165, 1.54) is 11.0 Å². The van der Waals surface area contributed by atoms with Crippen LogP contribution in [0.2, 0.25) is 0 Å². The third kappa shape index (κ3) is 3.14. The average Bonchev–Trinajstić information content (AvgIpc) is 3.10. The molecule has 0 bridgehead atoms. The highest BCUT2D eigenvalue weighted by atomic mass is 16.5. The number of hydrogen-bond acceptors (Lipinski definition) is 5. The summed E-state index contributed by atoms with van der Waals surface area (Å²) >= 11 is 0. The lowest BCUT2D eigenvalue weighted by Crippen LogP contribution is -2.40. The number of ether oxygens (including phenoxy) is 1. The third-order valence-electron chi connectivity index (χ3n) is 3.78. The third-order valence-corrected chi connectivity index (χ3v) is 3.78. The Morgan fingerprint density at radius 3 is 2.91 bits per heavy atom. The van der Waals surface area contributed by atoms with Crippen LogP contribution >= 0.6 is 0 Å². The Kier molecular flexibility index (Phi) is 4.43. The lowest BCUT2D eigenvalue weighted by atomic mass is 10.1. The monoisotopic (exact) mass is 301 g/mol. The number of nitrogens with zero attached hydrogens (tertiary/aromatic N) is 5. The molecule has 7 nitrogen and oxygen atoms in total. The minimum Gasteiger partial charge on any atom is -0.378 e. The standard InChI is InChI=1S/C15H19N5O2/c1-2-22-13-4-7-19(8-5-13)15(21)12-3-6-17-14(9-12)20-11-16-10-18-20/h3,6,9-11,13H,2,4-5,7-8H2,1H3. The van der Waals surface area contributed by atoms with E-state index in [9.17, 15) is 4.79 Å². The van der Waals surface area contributed by atoms with Gasteiger partial charge in [0.15, 0.2) is 5.82 Å². The number of likely N-dealkylation sites (tertiary alicyclic amines) is 1. The molecule has 1 aliphatic heterocycles. The molecule has 116 valence electrons. The molecule has 7 heteroatoms. The molecule has 1 aliphatic rings. The topological polar surface area (TPSA) is 73.1 Å². The molecular formula is C15H19N5O2. The number of aromatic nitrogens is 4. The van der Waals surface area contributed by atoms with Crippen molar-refractivity contribution in [2.24, 2.45) is 0 Å². The smallest absolute Gasteiger partial charge is 0.254 e. The van der Waals surface area contributed by atoms with Crippen LogP contribution in [0, 0.1) is 0 Å². The first-order valence-electron chi connectivity index (χ1n) is 7.50. The summed E-state index contributed by atoms with van der Waals surface area (Å²) < 4.78 is 7.16. The molecule has 0 radical (unpaired) electrons. The van der Waals surface area contributed by atoms with Crippen LogP contribution in [0.15, 0.2) is 31.0 Å². The largest absolute Gasteiger partial charge is 0.378 e. The number of carbonyl (C=O) groups is 1. The van der Waals surface area contributed by atoms with Crippen molar-refractivity contribution in [1.29, 1.82) is 0 Å². The Hall–Kier alpha value is -2.28. The summed E-state index contributed by atoms with van der Waals surface area (Å²) in [5.74, 6) is 0.617. The van der Waals surface area contributed by atoms with Crippen LogP contribution in [-0.4, -0.2) is 56.4 Å². The van der Waals surface area contributed by atoms with Crippen molar-refractivity contribution in [1.82, 2.24) is 24.6 Å². The van der Waals surface area contributed by atoms with E-state index in [-0.39, 0.29) is 12.0 Å². The maximum Gasteiger partial charge on any atom is 0.254 e. The van der Waals surface area contributed by atoms with Gasteiger partial charge in [-0.1, -0.05) is 0 Å². The van der Waals surface area contributed by atoms with Gasteiger partial charge >= 0.3 is 0 Å². The number of pyridine rings is 1. The first-order chi connectivity index (χ1) is 10.8. The summed E-state index contributed by atoms with van der Waals surface area (Å²) in [6.45, 7) is 4.18. The molecule has 0 N–H and O–H groups in total. The molecule has 3 heterocycles. The van der Waals surface area contributed by atoms with Crippen LogP contribution in [0.25, 0.3) is 5.82 Å². The van der Waals surface area contributed by atoms with E-state index in [0.717, 1.165) is 32.5 Å². The van der Waals surface area contributed by atoms with Crippen LogP contribution in [-0.2, 0) is 4.74 Å². The number of carbonyl (C=O) groups excluding carboxylic acids is 1. The molecule has 3 rings (SSSR count). The molecule has 1 saturated heterocycles. The Balaban J connectivity index is 1.69. The molecular weight excluding hydrogens is 282 g/mol. The van der Waals surface area contributed by atoms with Crippen LogP contribution in [0.3, 0.4) is 0 Å². The van der Waals surface area contributed by atoms with E-state index >= 15 is 0 Å². The van der Waals surface area contributed by atoms with Crippen LogP contribution in [0.5, 0.6) is 0 Å². The predicted octanol–water partition coefficient (Wildman–Crippen LogP) is 1.30. The highest BCUT2D eigenvalue weighted by Crippen LogP contribution is 2.17. The molecule has 0 aliphatic carbocycles. The quantitative estimate of drug-likeness (QED) is 0.851. The Morgan fingerprint density at radius 2 is 2.23 bits per heavy atom. The number of rotatable bonds is 4. The summed E-state index contributed by atoms with van der Waals surface area (Å²) in [7, 11) is 0. The summed E-state index contributed by atoms with van der Waals surface area (Å²) in [5.41, 5.74) is 0.621. The zero-order valence-electron chi connectivity index (χ0n) is 12.6. The number of amides is 1. The first-order valence-corrected chi connectivity index (χ1v) is 7.50. The lowest BCUT2D eigenvalue weighted by molar-refractivity contribution is 0.0146. The lowest BCUT2D eigenvalue weighted by Gasteiger charge is -2.31. The van der Waals surface area contributed by atoms with Crippen LogP contribution in [0.4, 0.5) is 0 Å². The highest BCUT2D eigenvalue weighted by Gasteiger charge is 2.24. The van der Waals surface area contributed by atoms with Crippen molar-refractivity contribution in [2.45, 2.75) is 25.9 Å². The van der Waals surface area contributed by atoms with Crippen molar-refractivity contribution >= 4 is 5.91 Å². The van der Waals surface area contributed by atoms with Gasteiger partial charge in [-0.15, -0.1) is 0 Å². The van der Waals surface area contributed by atoms with Crippen molar-refractivity contribution in [3.63, 3.8) is 0 Å². The second-order valence-corrected chi connectivity index (χ2v) is 5.19. The fraction of sp³-hybridized carbons (Fsp3) is 0.467. The summed E-state index contributed by atoms with van der Waals surface area (Å²) in [6.07, 6.45) is 6.68. The Morgan fingerprint density at radius 1 is 1.41 bits per heavy atom. The second kappa shape index (κ2) is 6.65. The van der Waals surface area contributed by atoms with Crippen molar-refractivity contribution in [2.75, 3.05) is 19.7 Å². The van der Waals surface area contributed by atoms with Gasteiger partial charge in [-0.05, 0) is 31.9 Å². The molecule has 2 aromatic rings. The van der Waals surface area contributed by atoms with Gasteiger partial charge in [0.1, 0.15) is 12.7 Å². The first kappa shape index (κ1) is 14.6. The molecule has 0 unspecified atom stereocenters. The van der Waals surface area contributed by atoms with Gasteiger partial charge < -0.3 is 9.64 Å². The highest BCUT2D eigenvalue weighted by molar-refractivity contribution is 5.94. The van der Waals surface area contributed by atoms with E-state index in [1.54, 1.807) is 24.7 Å². The van der Waals surface area contributed by atoms with Gasteiger partial charge in [-0.3, -0.25) is 4.79 Å². The summed E-state index contributed by atoms with van der Waals surface area (Å²) in [5, 5.41) is 4.03. The molecule has 1 amide bonds. The average molecular weight is 301 g/mol. The van der Waals surface area contributed by atoms with Crippen LogP contribution in [0.1, 0.15) is 30.1 Å².